The molecule has 0 aromatic rings. The van der Waals surface area contributed by atoms with Crippen LogP contribution in [0.1, 0.15) is 194 Å². The Bertz CT molecular complexity index is 674. The SMILES string of the molecule is CCCCCCCCC=CCCCCCCCC(=O)OC1CNCC1OC(=O)CCCCCCCC=CCCCCCCCC. The predicted octanol–water partition coefficient (Wildman–Crippen LogP) is 11.5. The minimum Gasteiger partial charge on any atom is -0.457 e. The maximum Gasteiger partial charge on any atom is 0.306 e. The van der Waals surface area contributed by atoms with E-state index < -0.39 is 0 Å². The number of esters is 2. The highest BCUT2D eigenvalue weighted by Gasteiger charge is 2.33. The average molecular weight is 632 g/mol. The van der Waals surface area contributed by atoms with E-state index in [1.54, 1.807) is 0 Å². The van der Waals surface area contributed by atoms with Crippen molar-refractivity contribution >= 4 is 11.9 Å². The summed E-state index contributed by atoms with van der Waals surface area (Å²) in [6, 6.07) is 0. The lowest BCUT2D eigenvalue weighted by atomic mass is 10.1. The van der Waals surface area contributed by atoms with Crippen molar-refractivity contribution in [3.8, 4) is 0 Å². The normalized spacial score (nSPS) is 16.7. The Balaban J connectivity index is 1.95. The van der Waals surface area contributed by atoms with Crippen LogP contribution in [0.3, 0.4) is 0 Å². The van der Waals surface area contributed by atoms with Crippen LogP contribution in [0, 0.1) is 0 Å². The van der Waals surface area contributed by atoms with E-state index in [0.717, 1.165) is 25.7 Å². The van der Waals surface area contributed by atoms with Crippen LogP contribution in [0.5, 0.6) is 0 Å². The molecule has 0 aliphatic carbocycles. The van der Waals surface area contributed by atoms with Crippen LogP contribution in [-0.4, -0.2) is 37.2 Å². The van der Waals surface area contributed by atoms with Gasteiger partial charge in [-0.3, -0.25) is 9.59 Å². The first-order valence-corrected chi connectivity index (χ1v) is 19.6. The van der Waals surface area contributed by atoms with Crippen LogP contribution in [0.15, 0.2) is 24.3 Å². The van der Waals surface area contributed by atoms with E-state index in [0.29, 0.717) is 25.9 Å². The maximum absolute atomic E-state index is 12.4. The summed E-state index contributed by atoms with van der Waals surface area (Å²) < 4.78 is 11.4. The number of carbonyl (C=O) groups excluding carboxylic acids is 2. The minimum atomic E-state index is -0.362. The first-order valence-electron chi connectivity index (χ1n) is 19.6. The second-order valence-corrected chi connectivity index (χ2v) is 13.4. The van der Waals surface area contributed by atoms with Crippen LogP contribution in [-0.2, 0) is 19.1 Å². The largest absolute Gasteiger partial charge is 0.457 e. The van der Waals surface area contributed by atoms with E-state index >= 15 is 0 Å². The van der Waals surface area contributed by atoms with E-state index in [2.05, 4.69) is 43.5 Å². The van der Waals surface area contributed by atoms with Crippen LogP contribution in [0.2, 0.25) is 0 Å². The van der Waals surface area contributed by atoms with Crippen LogP contribution in [0.25, 0.3) is 0 Å². The lowest BCUT2D eigenvalue weighted by molar-refractivity contribution is -0.164. The van der Waals surface area contributed by atoms with Gasteiger partial charge >= 0.3 is 11.9 Å². The number of allylic oxidation sites excluding steroid dienone is 4. The van der Waals surface area contributed by atoms with E-state index in [-0.39, 0.29) is 24.1 Å². The van der Waals surface area contributed by atoms with Gasteiger partial charge in [-0.15, -0.1) is 0 Å². The zero-order valence-corrected chi connectivity index (χ0v) is 29.8. The van der Waals surface area contributed by atoms with Gasteiger partial charge in [-0.2, -0.15) is 0 Å². The number of hydrogen-bond donors (Lipinski definition) is 1. The molecule has 45 heavy (non-hydrogen) atoms. The molecular formula is C40H73NO4. The second-order valence-electron chi connectivity index (χ2n) is 13.4. The van der Waals surface area contributed by atoms with Crippen LogP contribution >= 0.6 is 0 Å². The zero-order valence-electron chi connectivity index (χ0n) is 29.8. The Morgan fingerprint density at radius 2 is 0.756 bits per heavy atom. The number of nitrogens with one attached hydrogen (secondary N) is 1. The van der Waals surface area contributed by atoms with E-state index in [1.165, 1.54) is 141 Å². The Morgan fingerprint density at radius 3 is 1.09 bits per heavy atom. The summed E-state index contributed by atoms with van der Waals surface area (Å²) in [5.74, 6) is -0.334. The van der Waals surface area contributed by atoms with Gasteiger partial charge in [-0.1, -0.05) is 141 Å². The molecule has 0 aromatic carbocycles. The molecule has 0 saturated carbocycles. The van der Waals surface area contributed by atoms with Gasteiger partial charge in [0.15, 0.2) is 12.2 Å². The Labute approximate surface area is 279 Å². The van der Waals surface area contributed by atoms with Crippen LogP contribution in [0.4, 0.5) is 0 Å². The minimum absolute atomic E-state index is 0.167. The predicted molar refractivity (Wildman–Crippen MR) is 192 cm³/mol. The molecule has 1 fully saturated rings. The van der Waals surface area contributed by atoms with Crippen molar-refractivity contribution in [1.29, 1.82) is 0 Å². The van der Waals surface area contributed by atoms with Gasteiger partial charge in [-0.05, 0) is 64.2 Å². The third-order valence-electron chi connectivity index (χ3n) is 8.96. The van der Waals surface area contributed by atoms with Gasteiger partial charge in [-0.25, -0.2) is 0 Å². The molecule has 0 bridgehead atoms. The maximum atomic E-state index is 12.4. The first-order chi connectivity index (χ1) is 22.2. The molecule has 0 spiro atoms. The smallest absolute Gasteiger partial charge is 0.306 e. The highest BCUT2D eigenvalue weighted by molar-refractivity contribution is 5.70. The number of rotatable bonds is 32. The van der Waals surface area contributed by atoms with Gasteiger partial charge in [0.1, 0.15) is 0 Å². The summed E-state index contributed by atoms with van der Waals surface area (Å²) in [7, 11) is 0. The number of carbonyl (C=O) groups is 2. The van der Waals surface area contributed by atoms with Crippen molar-refractivity contribution in [2.75, 3.05) is 13.1 Å². The molecule has 0 aromatic heterocycles. The van der Waals surface area contributed by atoms with Gasteiger partial charge in [0.25, 0.3) is 0 Å². The number of unbranched alkanes of at least 4 members (excludes halogenated alkanes) is 22. The lowest BCUT2D eigenvalue weighted by Crippen LogP contribution is -2.33. The van der Waals surface area contributed by atoms with Gasteiger partial charge < -0.3 is 14.8 Å². The molecule has 1 aliphatic heterocycles. The quantitative estimate of drug-likeness (QED) is 0.0454. The molecule has 1 N–H and O–H groups in total. The lowest BCUT2D eigenvalue weighted by Gasteiger charge is -2.19. The summed E-state index contributed by atoms with van der Waals surface area (Å²) >= 11 is 0. The fourth-order valence-corrected chi connectivity index (χ4v) is 6.00. The van der Waals surface area contributed by atoms with Crippen molar-refractivity contribution in [1.82, 2.24) is 5.32 Å². The Kier molecular flexibility index (Phi) is 29.7. The summed E-state index contributed by atoms with van der Waals surface area (Å²) in [5, 5.41) is 3.21. The molecule has 2 atom stereocenters. The molecule has 1 rings (SSSR count). The van der Waals surface area contributed by atoms with Gasteiger partial charge in [0, 0.05) is 25.9 Å². The van der Waals surface area contributed by atoms with Crippen molar-refractivity contribution < 1.29 is 19.1 Å². The van der Waals surface area contributed by atoms with Gasteiger partial charge in [0.05, 0.1) is 0 Å². The molecule has 5 heteroatoms. The van der Waals surface area contributed by atoms with Crippen molar-refractivity contribution in [3.05, 3.63) is 24.3 Å². The standard InChI is InChI=1S/C40H73NO4/c1-3-5-7-9-11-13-15-17-19-21-23-25-27-29-31-33-39(42)44-37-35-41-36-38(37)45-40(43)34-32-30-28-26-24-22-20-18-16-14-12-10-8-6-4-2/h17-20,37-38,41H,3-16,21-36H2,1-2H3. The fraction of sp³-hybridized carbons (Fsp3) is 0.850. The van der Waals surface area contributed by atoms with Crippen LogP contribution < -0.4 is 5.32 Å². The van der Waals surface area contributed by atoms with Crippen molar-refractivity contribution in [2.24, 2.45) is 0 Å². The second kappa shape index (κ2) is 32.3. The first kappa shape index (κ1) is 41.4. The molecular weight excluding hydrogens is 558 g/mol. The van der Waals surface area contributed by atoms with E-state index in [9.17, 15) is 9.59 Å². The summed E-state index contributed by atoms with van der Waals surface area (Å²) in [6.45, 7) is 5.65. The Morgan fingerprint density at radius 1 is 0.467 bits per heavy atom. The van der Waals surface area contributed by atoms with E-state index in [4.69, 9.17) is 9.47 Å². The van der Waals surface area contributed by atoms with Gasteiger partial charge in [0.2, 0.25) is 0 Å². The third-order valence-corrected chi connectivity index (χ3v) is 8.96. The zero-order chi connectivity index (χ0) is 32.5. The van der Waals surface area contributed by atoms with Crippen molar-refractivity contribution in [2.45, 2.75) is 206 Å². The molecule has 5 nitrogen and oxygen atoms in total. The van der Waals surface area contributed by atoms with E-state index in [1.807, 2.05) is 0 Å². The molecule has 1 aliphatic rings. The third kappa shape index (κ3) is 27.2. The highest BCUT2D eigenvalue weighted by Crippen LogP contribution is 2.16. The molecule has 0 amide bonds. The molecule has 2 unspecified atom stereocenters. The Hall–Kier alpha value is -1.62. The monoisotopic (exact) mass is 632 g/mol. The van der Waals surface area contributed by atoms with Crippen molar-refractivity contribution in [3.63, 3.8) is 0 Å². The summed E-state index contributed by atoms with van der Waals surface area (Å²) in [6.07, 6.45) is 41.8. The molecule has 1 saturated heterocycles. The average Bonchev–Trinajstić information content (AvgIpc) is 3.46. The molecule has 262 valence electrons. The molecule has 1 heterocycles. The summed E-state index contributed by atoms with van der Waals surface area (Å²) in [5.41, 5.74) is 0. The summed E-state index contributed by atoms with van der Waals surface area (Å²) in [4.78, 5) is 24.8. The fourth-order valence-electron chi connectivity index (χ4n) is 6.00. The highest BCUT2D eigenvalue weighted by atomic mass is 16.6. The molecule has 0 radical (unpaired) electrons. The number of hydrogen-bond acceptors (Lipinski definition) is 5. The topological polar surface area (TPSA) is 64.6 Å². The number of ether oxygens (including phenoxy) is 2.